The minimum atomic E-state index is -0.544. The lowest BCUT2D eigenvalue weighted by atomic mass is 9.88. The maximum Gasteiger partial charge on any atom is 0.318 e. The molecule has 0 unspecified atom stereocenters. The second kappa shape index (κ2) is 7.64. The van der Waals surface area contributed by atoms with Gasteiger partial charge in [0.05, 0.1) is 14.2 Å². The molecule has 1 aliphatic rings. The lowest BCUT2D eigenvalue weighted by molar-refractivity contribution is -0.145. The van der Waals surface area contributed by atoms with Gasteiger partial charge in [-0.1, -0.05) is 48.5 Å². The lowest BCUT2D eigenvalue weighted by Crippen LogP contribution is -2.21. The van der Waals surface area contributed by atoms with Gasteiger partial charge in [-0.3, -0.25) is 4.79 Å². The summed E-state index contributed by atoms with van der Waals surface area (Å²) < 4.78 is 22.4. The van der Waals surface area contributed by atoms with Crippen LogP contribution in [0.1, 0.15) is 22.6 Å². The second-order valence-electron chi connectivity index (χ2n) is 6.37. The largest absolute Gasteiger partial charge is 0.493 e. The molecule has 0 spiro atoms. The molecule has 3 aromatic carbocycles. The minimum Gasteiger partial charge on any atom is -0.493 e. The first-order valence-corrected chi connectivity index (χ1v) is 8.95. The summed E-state index contributed by atoms with van der Waals surface area (Å²) >= 11 is 0. The number of hydrogen-bond acceptors (Lipinski definition) is 5. The summed E-state index contributed by atoms with van der Waals surface area (Å²) in [5, 5.41) is 0. The Balaban J connectivity index is 1.63. The van der Waals surface area contributed by atoms with E-state index in [9.17, 15) is 4.79 Å². The highest BCUT2D eigenvalue weighted by molar-refractivity contribution is 5.85. The molecule has 4 rings (SSSR count). The number of rotatable bonds is 5. The van der Waals surface area contributed by atoms with Crippen molar-refractivity contribution in [1.29, 1.82) is 0 Å². The third-order valence-corrected chi connectivity index (χ3v) is 4.77. The minimum absolute atomic E-state index is 0.0842. The molecule has 0 aromatic heterocycles. The predicted octanol–water partition coefficient (Wildman–Crippen LogP) is 4.68. The first kappa shape index (κ1) is 17.9. The Bertz CT molecular complexity index is 966. The van der Waals surface area contributed by atoms with E-state index in [0.29, 0.717) is 23.0 Å². The molecular weight excluding hydrogens is 356 g/mol. The first-order chi connectivity index (χ1) is 13.7. The number of ether oxygens (including phenoxy) is 4. The average Bonchev–Trinajstić information content (AvgIpc) is 2.75. The topological polar surface area (TPSA) is 54.0 Å². The van der Waals surface area contributed by atoms with Crippen molar-refractivity contribution >= 4 is 5.97 Å². The quantitative estimate of drug-likeness (QED) is 0.605. The summed E-state index contributed by atoms with van der Waals surface area (Å²) in [4.78, 5) is 13.1. The van der Waals surface area contributed by atoms with Gasteiger partial charge < -0.3 is 18.9 Å². The van der Waals surface area contributed by atoms with Crippen LogP contribution in [0.5, 0.6) is 23.0 Å². The summed E-state index contributed by atoms with van der Waals surface area (Å²) in [6.45, 7) is 0.0842. The summed E-state index contributed by atoms with van der Waals surface area (Å²) in [6.07, 6.45) is 0. The number of para-hydroxylation sites is 3. The van der Waals surface area contributed by atoms with Crippen molar-refractivity contribution in [3.63, 3.8) is 0 Å². The Morgan fingerprint density at radius 3 is 2.11 bits per heavy atom. The van der Waals surface area contributed by atoms with Gasteiger partial charge in [0.1, 0.15) is 24.0 Å². The van der Waals surface area contributed by atoms with E-state index in [-0.39, 0.29) is 12.6 Å². The Labute approximate surface area is 163 Å². The molecule has 0 amide bonds. The van der Waals surface area contributed by atoms with Crippen molar-refractivity contribution in [2.45, 2.75) is 12.5 Å². The Morgan fingerprint density at radius 2 is 1.50 bits per heavy atom. The van der Waals surface area contributed by atoms with Crippen LogP contribution in [0.2, 0.25) is 0 Å². The molecular formula is C23H20O5. The van der Waals surface area contributed by atoms with E-state index >= 15 is 0 Å². The predicted molar refractivity (Wildman–Crippen MR) is 104 cm³/mol. The molecule has 1 aliphatic heterocycles. The lowest BCUT2D eigenvalue weighted by Gasteiger charge is -2.26. The first-order valence-electron chi connectivity index (χ1n) is 8.95. The molecule has 0 fully saturated rings. The van der Waals surface area contributed by atoms with Crippen molar-refractivity contribution in [2.75, 3.05) is 14.2 Å². The molecule has 0 atom stereocenters. The number of carbonyl (C=O) groups excluding carboxylic acids is 1. The molecule has 5 heteroatoms. The Hall–Kier alpha value is -3.47. The molecule has 0 bridgehead atoms. The number of fused-ring (bicyclic) bond motifs is 2. The van der Waals surface area contributed by atoms with Gasteiger partial charge in [0.25, 0.3) is 0 Å². The summed E-state index contributed by atoms with van der Waals surface area (Å²) in [5.41, 5.74) is 2.33. The number of esters is 1. The molecule has 0 aliphatic carbocycles. The summed E-state index contributed by atoms with van der Waals surface area (Å²) in [5.74, 6) is 1.61. The maximum atomic E-state index is 13.1. The SMILES string of the molecule is COc1cccc(COC(=O)C2c3ccccc3Oc3ccccc32)c1OC. The standard InChI is InChI=1S/C23H20O5/c1-25-20-13-7-8-15(22(20)26-2)14-27-23(24)21-16-9-3-5-11-18(16)28-19-12-6-4-10-17(19)21/h3-13,21H,14H2,1-2H3. The van der Waals surface area contributed by atoms with Crippen LogP contribution < -0.4 is 14.2 Å². The number of benzene rings is 3. The fourth-order valence-electron chi connectivity index (χ4n) is 3.46. The molecule has 0 radical (unpaired) electrons. The highest BCUT2D eigenvalue weighted by Crippen LogP contribution is 2.44. The van der Waals surface area contributed by atoms with E-state index in [1.807, 2.05) is 60.7 Å². The van der Waals surface area contributed by atoms with Gasteiger partial charge in [0.2, 0.25) is 0 Å². The third kappa shape index (κ3) is 3.16. The van der Waals surface area contributed by atoms with Crippen LogP contribution in [0.3, 0.4) is 0 Å². The zero-order valence-corrected chi connectivity index (χ0v) is 15.7. The van der Waals surface area contributed by atoms with Gasteiger partial charge in [0.15, 0.2) is 11.5 Å². The van der Waals surface area contributed by atoms with Gasteiger partial charge in [-0.25, -0.2) is 0 Å². The maximum absolute atomic E-state index is 13.1. The fourth-order valence-corrected chi connectivity index (χ4v) is 3.46. The van der Waals surface area contributed by atoms with Gasteiger partial charge in [-0.15, -0.1) is 0 Å². The summed E-state index contributed by atoms with van der Waals surface area (Å²) in [6, 6.07) is 20.5. The van der Waals surface area contributed by atoms with Crippen LogP contribution in [0.4, 0.5) is 0 Å². The molecule has 142 valence electrons. The average molecular weight is 376 g/mol. The van der Waals surface area contributed by atoms with Crippen LogP contribution in [0.15, 0.2) is 66.7 Å². The number of methoxy groups -OCH3 is 2. The molecule has 0 N–H and O–H groups in total. The highest BCUT2D eigenvalue weighted by Gasteiger charge is 2.33. The third-order valence-electron chi connectivity index (χ3n) is 4.77. The van der Waals surface area contributed by atoms with E-state index in [1.165, 1.54) is 0 Å². The van der Waals surface area contributed by atoms with Crippen LogP contribution in [0.25, 0.3) is 0 Å². The molecule has 5 nitrogen and oxygen atoms in total. The van der Waals surface area contributed by atoms with E-state index < -0.39 is 5.92 Å². The zero-order chi connectivity index (χ0) is 19.5. The fraction of sp³-hybridized carbons (Fsp3) is 0.174. The smallest absolute Gasteiger partial charge is 0.318 e. The molecule has 0 saturated carbocycles. The number of carbonyl (C=O) groups is 1. The number of hydrogen-bond donors (Lipinski definition) is 0. The summed E-state index contributed by atoms with van der Waals surface area (Å²) in [7, 11) is 3.14. The van der Waals surface area contributed by atoms with E-state index in [1.54, 1.807) is 20.3 Å². The van der Waals surface area contributed by atoms with E-state index in [4.69, 9.17) is 18.9 Å². The van der Waals surface area contributed by atoms with Crippen LogP contribution in [0, 0.1) is 0 Å². The van der Waals surface area contributed by atoms with Crippen LogP contribution in [-0.2, 0) is 16.1 Å². The van der Waals surface area contributed by atoms with E-state index in [2.05, 4.69) is 0 Å². The monoisotopic (exact) mass is 376 g/mol. The van der Waals surface area contributed by atoms with Crippen LogP contribution in [-0.4, -0.2) is 20.2 Å². The molecule has 28 heavy (non-hydrogen) atoms. The normalized spacial score (nSPS) is 12.4. The van der Waals surface area contributed by atoms with E-state index in [0.717, 1.165) is 16.7 Å². The highest BCUT2D eigenvalue weighted by atomic mass is 16.5. The Morgan fingerprint density at radius 1 is 0.857 bits per heavy atom. The van der Waals surface area contributed by atoms with Gasteiger partial charge in [-0.05, 0) is 18.2 Å². The van der Waals surface area contributed by atoms with Crippen molar-refractivity contribution in [2.24, 2.45) is 0 Å². The molecule has 0 saturated heterocycles. The van der Waals surface area contributed by atoms with Crippen molar-refractivity contribution in [1.82, 2.24) is 0 Å². The molecule has 1 heterocycles. The van der Waals surface area contributed by atoms with Crippen LogP contribution >= 0.6 is 0 Å². The van der Waals surface area contributed by atoms with Gasteiger partial charge >= 0.3 is 5.97 Å². The second-order valence-corrected chi connectivity index (χ2v) is 6.37. The van der Waals surface area contributed by atoms with Crippen molar-refractivity contribution in [3.8, 4) is 23.0 Å². The molecule has 3 aromatic rings. The van der Waals surface area contributed by atoms with Crippen molar-refractivity contribution in [3.05, 3.63) is 83.4 Å². The van der Waals surface area contributed by atoms with Crippen molar-refractivity contribution < 1.29 is 23.7 Å². The van der Waals surface area contributed by atoms with Gasteiger partial charge in [-0.2, -0.15) is 0 Å². The Kier molecular flexibility index (Phi) is 4.89. The zero-order valence-electron chi connectivity index (χ0n) is 15.7. The van der Waals surface area contributed by atoms with Gasteiger partial charge in [0, 0.05) is 16.7 Å².